The van der Waals surface area contributed by atoms with E-state index in [4.69, 9.17) is 5.26 Å². The lowest BCUT2D eigenvalue weighted by Crippen LogP contribution is -2.21. The van der Waals surface area contributed by atoms with Crippen LogP contribution in [0.15, 0.2) is 30.5 Å². The molecule has 0 spiro atoms. The molecule has 0 atom stereocenters. The smallest absolute Gasteiger partial charge is 0.0628 e. The summed E-state index contributed by atoms with van der Waals surface area (Å²) in [5.41, 5.74) is 2.86. The van der Waals surface area contributed by atoms with Gasteiger partial charge in [0.2, 0.25) is 0 Å². The standard InChI is InChI=1S/C18H23N3/c1-14(2)20-12-15-3-4-17-16(11-15)5-10-21(17)13-18(6-7-18)8-9-19/h3-5,10-11,14,20H,6-8,12-13H2,1-2H3. The zero-order chi connectivity index (χ0) is 14.9. The van der Waals surface area contributed by atoms with Crippen molar-refractivity contribution < 1.29 is 0 Å². The molecular weight excluding hydrogens is 258 g/mol. The Balaban J connectivity index is 1.78. The van der Waals surface area contributed by atoms with Gasteiger partial charge in [-0.1, -0.05) is 19.9 Å². The average molecular weight is 281 g/mol. The number of fused-ring (bicyclic) bond motifs is 1. The molecule has 0 amide bonds. The highest BCUT2D eigenvalue weighted by atomic mass is 15.0. The molecule has 1 aliphatic rings. The third kappa shape index (κ3) is 3.11. The van der Waals surface area contributed by atoms with E-state index in [0.717, 1.165) is 13.1 Å². The van der Waals surface area contributed by atoms with Crippen LogP contribution in [0.1, 0.15) is 38.7 Å². The average Bonchev–Trinajstić information content (AvgIpc) is 3.10. The van der Waals surface area contributed by atoms with Gasteiger partial charge in [0, 0.05) is 42.7 Å². The number of aromatic nitrogens is 1. The van der Waals surface area contributed by atoms with E-state index >= 15 is 0 Å². The monoisotopic (exact) mass is 281 g/mol. The van der Waals surface area contributed by atoms with Gasteiger partial charge in [-0.05, 0) is 42.0 Å². The van der Waals surface area contributed by atoms with Crippen LogP contribution < -0.4 is 5.32 Å². The molecule has 1 N–H and O–H groups in total. The SMILES string of the molecule is CC(C)NCc1ccc2c(ccn2CC2(CC#N)CC2)c1. The summed E-state index contributed by atoms with van der Waals surface area (Å²) in [6, 6.07) is 11.7. The predicted molar refractivity (Wildman–Crippen MR) is 85.8 cm³/mol. The molecule has 0 aliphatic heterocycles. The van der Waals surface area contributed by atoms with Crippen LogP contribution in [-0.2, 0) is 13.1 Å². The highest BCUT2D eigenvalue weighted by Crippen LogP contribution is 2.50. The van der Waals surface area contributed by atoms with Crippen molar-refractivity contribution in [1.29, 1.82) is 5.26 Å². The Morgan fingerprint density at radius 1 is 1.33 bits per heavy atom. The summed E-state index contributed by atoms with van der Waals surface area (Å²) < 4.78 is 2.32. The van der Waals surface area contributed by atoms with Crippen LogP contribution in [0.25, 0.3) is 10.9 Å². The second kappa shape index (κ2) is 5.54. The fraction of sp³-hybridized carbons (Fsp3) is 0.500. The summed E-state index contributed by atoms with van der Waals surface area (Å²) in [7, 11) is 0. The normalized spacial score (nSPS) is 16.3. The number of benzene rings is 1. The van der Waals surface area contributed by atoms with Gasteiger partial charge < -0.3 is 9.88 Å². The lowest BCUT2D eigenvalue weighted by atomic mass is 10.0. The first-order valence-corrected chi connectivity index (χ1v) is 7.80. The van der Waals surface area contributed by atoms with Crippen molar-refractivity contribution in [2.24, 2.45) is 5.41 Å². The highest BCUT2D eigenvalue weighted by Gasteiger charge is 2.42. The predicted octanol–water partition coefficient (Wildman–Crippen LogP) is 3.83. The van der Waals surface area contributed by atoms with Crippen LogP contribution in [0.5, 0.6) is 0 Å². The zero-order valence-electron chi connectivity index (χ0n) is 12.9. The van der Waals surface area contributed by atoms with Crippen LogP contribution in [0, 0.1) is 16.7 Å². The van der Waals surface area contributed by atoms with Crippen molar-refractivity contribution in [2.75, 3.05) is 0 Å². The van der Waals surface area contributed by atoms with E-state index in [-0.39, 0.29) is 5.41 Å². The highest BCUT2D eigenvalue weighted by molar-refractivity contribution is 5.80. The minimum atomic E-state index is 0.249. The number of nitriles is 1. The second-order valence-corrected chi connectivity index (χ2v) is 6.71. The molecule has 0 saturated heterocycles. The summed E-state index contributed by atoms with van der Waals surface area (Å²) in [5, 5.41) is 13.7. The molecule has 3 heteroatoms. The molecule has 3 rings (SSSR count). The third-order valence-electron chi connectivity index (χ3n) is 4.47. The van der Waals surface area contributed by atoms with Crippen molar-refractivity contribution >= 4 is 10.9 Å². The second-order valence-electron chi connectivity index (χ2n) is 6.71. The molecule has 1 saturated carbocycles. The van der Waals surface area contributed by atoms with Gasteiger partial charge in [0.25, 0.3) is 0 Å². The summed E-state index contributed by atoms with van der Waals surface area (Å²) >= 11 is 0. The lowest BCUT2D eigenvalue weighted by Gasteiger charge is -2.14. The van der Waals surface area contributed by atoms with Crippen molar-refractivity contribution in [3.63, 3.8) is 0 Å². The largest absolute Gasteiger partial charge is 0.347 e. The van der Waals surface area contributed by atoms with E-state index < -0.39 is 0 Å². The van der Waals surface area contributed by atoms with Crippen molar-refractivity contribution in [3.05, 3.63) is 36.0 Å². The Morgan fingerprint density at radius 3 is 2.81 bits per heavy atom. The zero-order valence-corrected chi connectivity index (χ0v) is 12.9. The Labute approximate surface area is 126 Å². The summed E-state index contributed by atoms with van der Waals surface area (Å²) in [4.78, 5) is 0. The summed E-state index contributed by atoms with van der Waals surface area (Å²) in [5.74, 6) is 0. The van der Waals surface area contributed by atoms with Crippen LogP contribution in [0.4, 0.5) is 0 Å². The number of hydrogen-bond acceptors (Lipinski definition) is 2. The summed E-state index contributed by atoms with van der Waals surface area (Å²) in [6.07, 6.45) is 5.23. The number of rotatable bonds is 6. The molecule has 2 aromatic rings. The van der Waals surface area contributed by atoms with Gasteiger partial charge in [-0.25, -0.2) is 0 Å². The molecule has 1 heterocycles. The first-order valence-electron chi connectivity index (χ1n) is 7.80. The maximum atomic E-state index is 8.96. The quantitative estimate of drug-likeness (QED) is 0.874. The number of nitrogens with one attached hydrogen (secondary N) is 1. The first kappa shape index (κ1) is 14.2. The van der Waals surface area contributed by atoms with Crippen LogP contribution in [-0.4, -0.2) is 10.6 Å². The van der Waals surface area contributed by atoms with E-state index in [1.54, 1.807) is 0 Å². The van der Waals surface area contributed by atoms with E-state index in [0.29, 0.717) is 12.5 Å². The van der Waals surface area contributed by atoms with Crippen molar-refractivity contribution in [2.45, 2.75) is 52.2 Å². The van der Waals surface area contributed by atoms with E-state index in [1.165, 1.54) is 29.3 Å². The Morgan fingerprint density at radius 2 is 2.14 bits per heavy atom. The molecule has 0 radical (unpaired) electrons. The molecule has 1 fully saturated rings. The fourth-order valence-electron chi connectivity index (χ4n) is 2.92. The molecule has 21 heavy (non-hydrogen) atoms. The van der Waals surface area contributed by atoms with Crippen LogP contribution in [0.3, 0.4) is 0 Å². The molecule has 0 bridgehead atoms. The molecule has 3 nitrogen and oxygen atoms in total. The van der Waals surface area contributed by atoms with Gasteiger partial charge in [-0.15, -0.1) is 0 Å². The molecule has 1 aromatic carbocycles. The Hall–Kier alpha value is -1.79. The van der Waals surface area contributed by atoms with Gasteiger partial charge in [-0.3, -0.25) is 0 Å². The minimum Gasteiger partial charge on any atom is -0.347 e. The summed E-state index contributed by atoms with van der Waals surface area (Å²) in [6.45, 7) is 6.23. The Bertz CT molecular complexity index is 671. The van der Waals surface area contributed by atoms with Gasteiger partial charge in [0.05, 0.1) is 6.07 Å². The lowest BCUT2D eigenvalue weighted by molar-refractivity contribution is 0.440. The number of nitrogens with zero attached hydrogens (tertiary/aromatic N) is 2. The molecule has 0 unspecified atom stereocenters. The first-order chi connectivity index (χ1) is 10.1. The maximum Gasteiger partial charge on any atom is 0.0628 e. The van der Waals surface area contributed by atoms with Gasteiger partial charge in [0.1, 0.15) is 0 Å². The van der Waals surface area contributed by atoms with Gasteiger partial charge >= 0.3 is 0 Å². The third-order valence-corrected chi connectivity index (χ3v) is 4.47. The van der Waals surface area contributed by atoms with E-state index in [2.05, 4.69) is 60.3 Å². The van der Waals surface area contributed by atoms with Crippen LogP contribution >= 0.6 is 0 Å². The molecular formula is C18H23N3. The van der Waals surface area contributed by atoms with Gasteiger partial charge in [-0.2, -0.15) is 5.26 Å². The fourth-order valence-corrected chi connectivity index (χ4v) is 2.92. The molecule has 1 aliphatic carbocycles. The minimum absolute atomic E-state index is 0.249. The molecule has 1 aromatic heterocycles. The van der Waals surface area contributed by atoms with Crippen LogP contribution in [0.2, 0.25) is 0 Å². The van der Waals surface area contributed by atoms with E-state index in [1.807, 2.05) is 0 Å². The topological polar surface area (TPSA) is 40.8 Å². The Kier molecular flexibility index (Phi) is 3.73. The van der Waals surface area contributed by atoms with Crippen molar-refractivity contribution in [1.82, 2.24) is 9.88 Å². The van der Waals surface area contributed by atoms with E-state index in [9.17, 15) is 0 Å². The van der Waals surface area contributed by atoms with Crippen molar-refractivity contribution in [3.8, 4) is 6.07 Å². The number of hydrogen-bond donors (Lipinski definition) is 1. The maximum absolute atomic E-state index is 8.96. The van der Waals surface area contributed by atoms with Gasteiger partial charge in [0.15, 0.2) is 0 Å². The molecule has 110 valence electrons.